The van der Waals surface area contributed by atoms with Crippen LogP contribution in [-0.2, 0) is 4.79 Å². The number of rotatable bonds is 6. The van der Waals surface area contributed by atoms with Crippen LogP contribution < -0.4 is 15.4 Å². The Morgan fingerprint density at radius 1 is 1.35 bits per heavy atom. The van der Waals surface area contributed by atoms with Gasteiger partial charge in [0.15, 0.2) is 0 Å². The Bertz CT molecular complexity index is 643. The maximum Gasteiger partial charge on any atom is 0.234 e. The molecule has 126 valence electrons. The van der Waals surface area contributed by atoms with Gasteiger partial charge in [0, 0.05) is 5.56 Å². The van der Waals surface area contributed by atoms with Crippen LogP contribution in [-0.4, -0.2) is 31.6 Å². The van der Waals surface area contributed by atoms with Gasteiger partial charge in [0.05, 0.1) is 30.3 Å². The highest BCUT2D eigenvalue weighted by Crippen LogP contribution is 2.32. The second kappa shape index (κ2) is 8.86. The van der Waals surface area contributed by atoms with Crippen LogP contribution >= 0.6 is 23.7 Å². The second-order valence-electron chi connectivity index (χ2n) is 5.02. The third-order valence-electron chi connectivity index (χ3n) is 3.28. The van der Waals surface area contributed by atoms with E-state index < -0.39 is 0 Å². The Balaban J connectivity index is 0.00000264. The number of halogens is 1. The van der Waals surface area contributed by atoms with Gasteiger partial charge in [0.1, 0.15) is 10.8 Å². The summed E-state index contributed by atoms with van der Waals surface area (Å²) in [6.07, 6.45) is 0. The number of likely N-dealkylation sites (N-methyl/N-ethyl adjacent to an activating group) is 1. The van der Waals surface area contributed by atoms with E-state index in [1.807, 2.05) is 38.1 Å². The second-order valence-corrected chi connectivity index (χ2v) is 6.05. The van der Waals surface area contributed by atoms with Gasteiger partial charge in [-0.2, -0.15) is 0 Å². The highest BCUT2D eigenvalue weighted by molar-refractivity contribution is 7.15. The third-order valence-corrected chi connectivity index (χ3v) is 4.67. The number of thiazole rings is 1. The molecule has 23 heavy (non-hydrogen) atoms. The summed E-state index contributed by atoms with van der Waals surface area (Å²) in [7, 11) is 3.40. The summed E-state index contributed by atoms with van der Waals surface area (Å²) in [6.45, 7) is 4.26. The number of amides is 1. The van der Waals surface area contributed by atoms with E-state index in [-0.39, 0.29) is 24.4 Å². The van der Waals surface area contributed by atoms with Crippen LogP contribution in [0, 0.1) is 6.92 Å². The van der Waals surface area contributed by atoms with Crippen LogP contribution in [0.4, 0.5) is 0 Å². The van der Waals surface area contributed by atoms with Crippen LogP contribution in [0.15, 0.2) is 24.3 Å². The lowest BCUT2D eigenvalue weighted by molar-refractivity contribution is -0.120. The largest absolute Gasteiger partial charge is 0.497 e. The van der Waals surface area contributed by atoms with Crippen molar-refractivity contribution in [1.29, 1.82) is 0 Å². The van der Waals surface area contributed by atoms with Gasteiger partial charge >= 0.3 is 0 Å². The molecule has 2 N–H and O–H groups in total. The highest BCUT2D eigenvalue weighted by atomic mass is 35.5. The van der Waals surface area contributed by atoms with Gasteiger partial charge in [0.25, 0.3) is 0 Å². The molecule has 1 heterocycles. The van der Waals surface area contributed by atoms with Crippen LogP contribution in [0.2, 0.25) is 0 Å². The zero-order valence-corrected chi connectivity index (χ0v) is 15.3. The number of aromatic nitrogens is 1. The van der Waals surface area contributed by atoms with Crippen LogP contribution in [0.25, 0.3) is 10.6 Å². The van der Waals surface area contributed by atoms with E-state index in [1.165, 1.54) is 0 Å². The Hall–Kier alpha value is -1.63. The molecule has 7 heteroatoms. The number of ether oxygens (including phenoxy) is 1. The minimum Gasteiger partial charge on any atom is -0.497 e. The third kappa shape index (κ3) is 4.92. The number of carbonyl (C=O) groups is 1. The van der Waals surface area contributed by atoms with Crippen molar-refractivity contribution in [3.05, 3.63) is 34.8 Å². The molecule has 2 rings (SSSR count). The summed E-state index contributed by atoms with van der Waals surface area (Å²) in [6, 6.07) is 7.77. The molecule has 1 unspecified atom stereocenters. The predicted molar refractivity (Wildman–Crippen MR) is 96.6 cm³/mol. The molecule has 1 aromatic carbocycles. The lowest BCUT2D eigenvalue weighted by atomic mass is 10.2. The number of nitrogens with zero attached hydrogens (tertiary/aromatic N) is 1. The normalized spacial score (nSPS) is 11.5. The van der Waals surface area contributed by atoms with Crippen LogP contribution in [0.3, 0.4) is 0 Å². The van der Waals surface area contributed by atoms with Gasteiger partial charge < -0.3 is 15.4 Å². The molecule has 1 aromatic heterocycles. The quantitative estimate of drug-likeness (QED) is 0.836. The summed E-state index contributed by atoms with van der Waals surface area (Å²) in [5, 5.41) is 6.76. The molecule has 0 aliphatic heterocycles. The first-order valence-electron chi connectivity index (χ1n) is 7.11. The molecule has 5 nitrogen and oxygen atoms in total. The van der Waals surface area contributed by atoms with E-state index in [4.69, 9.17) is 4.74 Å². The smallest absolute Gasteiger partial charge is 0.234 e. The molecule has 0 bridgehead atoms. The van der Waals surface area contributed by atoms with Gasteiger partial charge in [-0.15, -0.1) is 23.7 Å². The van der Waals surface area contributed by atoms with E-state index in [0.29, 0.717) is 6.54 Å². The Morgan fingerprint density at radius 3 is 2.57 bits per heavy atom. The van der Waals surface area contributed by atoms with Gasteiger partial charge in [0.2, 0.25) is 5.91 Å². The molecule has 0 saturated carbocycles. The number of nitrogens with one attached hydrogen (secondary N) is 2. The first-order chi connectivity index (χ1) is 10.5. The van der Waals surface area contributed by atoms with Crippen molar-refractivity contribution in [1.82, 2.24) is 15.6 Å². The minimum absolute atomic E-state index is 0. The van der Waals surface area contributed by atoms with Gasteiger partial charge in [-0.3, -0.25) is 4.79 Å². The standard InChI is InChI=1S/C16H21N3O2S.ClH/c1-10(18-14(20)9-17-3)15-11(2)19-16(22-15)12-5-7-13(21-4)8-6-12;/h5-8,10,17H,9H2,1-4H3,(H,18,20);1H. The van der Waals surface area contributed by atoms with E-state index in [2.05, 4.69) is 15.6 Å². The van der Waals surface area contributed by atoms with Crippen molar-refractivity contribution in [2.24, 2.45) is 0 Å². The molecule has 0 spiro atoms. The minimum atomic E-state index is -0.0506. The molecule has 0 saturated heterocycles. The summed E-state index contributed by atoms with van der Waals surface area (Å²) >= 11 is 1.61. The first-order valence-corrected chi connectivity index (χ1v) is 7.92. The summed E-state index contributed by atoms with van der Waals surface area (Å²) in [4.78, 5) is 17.4. The number of methoxy groups -OCH3 is 1. The lowest BCUT2D eigenvalue weighted by Gasteiger charge is -2.12. The van der Waals surface area contributed by atoms with Crippen LogP contribution in [0.1, 0.15) is 23.5 Å². The molecule has 1 atom stereocenters. The fourth-order valence-electron chi connectivity index (χ4n) is 2.19. The van der Waals surface area contributed by atoms with E-state index in [9.17, 15) is 4.79 Å². The van der Waals surface area contributed by atoms with Crippen molar-refractivity contribution in [3.63, 3.8) is 0 Å². The SMILES string of the molecule is CNCC(=O)NC(C)c1sc(-c2ccc(OC)cc2)nc1C.Cl. The molecular formula is C16H22ClN3O2S. The van der Waals surface area contributed by atoms with Gasteiger partial charge in [-0.1, -0.05) is 0 Å². The zero-order valence-electron chi connectivity index (χ0n) is 13.7. The fraction of sp³-hybridized carbons (Fsp3) is 0.375. The van der Waals surface area contributed by atoms with E-state index in [0.717, 1.165) is 26.9 Å². The van der Waals surface area contributed by atoms with E-state index in [1.54, 1.807) is 25.5 Å². The van der Waals surface area contributed by atoms with Gasteiger partial charge in [-0.25, -0.2) is 4.98 Å². The highest BCUT2D eigenvalue weighted by Gasteiger charge is 2.17. The van der Waals surface area contributed by atoms with Crippen molar-refractivity contribution in [2.75, 3.05) is 20.7 Å². The van der Waals surface area contributed by atoms with Crippen LogP contribution in [0.5, 0.6) is 5.75 Å². The average molecular weight is 356 g/mol. The van der Waals surface area contributed by atoms with E-state index >= 15 is 0 Å². The summed E-state index contributed by atoms with van der Waals surface area (Å²) in [5.41, 5.74) is 2.00. The lowest BCUT2D eigenvalue weighted by Crippen LogP contribution is -2.33. The number of hydrogen-bond acceptors (Lipinski definition) is 5. The zero-order chi connectivity index (χ0) is 16.1. The average Bonchev–Trinajstić information content (AvgIpc) is 2.89. The molecular weight excluding hydrogens is 334 g/mol. The van der Waals surface area contributed by atoms with Crippen molar-refractivity contribution >= 4 is 29.7 Å². The van der Waals surface area contributed by atoms with Crippen molar-refractivity contribution in [2.45, 2.75) is 19.9 Å². The molecule has 1 amide bonds. The monoisotopic (exact) mass is 355 g/mol. The molecule has 0 aliphatic carbocycles. The van der Waals surface area contributed by atoms with Crippen molar-refractivity contribution in [3.8, 4) is 16.3 Å². The molecule has 0 fully saturated rings. The number of hydrogen-bond donors (Lipinski definition) is 2. The predicted octanol–water partition coefficient (Wildman–Crippen LogP) is 2.95. The maximum absolute atomic E-state index is 11.7. The number of carbonyl (C=O) groups excluding carboxylic acids is 1. The number of aryl methyl sites for hydroxylation is 1. The maximum atomic E-state index is 11.7. The topological polar surface area (TPSA) is 63.2 Å². The van der Waals surface area contributed by atoms with Gasteiger partial charge in [-0.05, 0) is 45.2 Å². The summed E-state index contributed by atoms with van der Waals surface area (Å²) in [5.74, 6) is 0.804. The first kappa shape index (κ1) is 19.4. The fourth-order valence-corrected chi connectivity index (χ4v) is 3.26. The molecule has 0 radical (unpaired) electrons. The summed E-state index contributed by atoms with van der Waals surface area (Å²) < 4.78 is 5.17. The number of benzene rings is 1. The Labute approximate surface area is 146 Å². The Morgan fingerprint density at radius 2 is 2.00 bits per heavy atom. The molecule has 2 aromatic rings. The molecule has 0 aliphatic rings. The Kier molecular flexibility index (Phi) is 7.48. The van der Waals surface area contributed by atoms with Crippen molar-refractivity contribution < 1.29 is 9.53 Å².